The second-order valence-electron chi connectivity index (χ2n) is 5.33. The Balaban J connectivity index is 1.89. The maximum Gasteiger partial charge on any atom is 0.0376 e. The van der Waals surface area contributed by atoms with Gasteiger partial charge >= 0.3 is 0 Å². The van der Waals surface area contributed by atoms with Crippen LogP contribution in [0.4, 0.5) is 0 Å². The van der Waals surface area contributed by atoms with Gasteiger partial charge in [0.1, 0.15) is 0 Å². The molecule has 2 rings (SSSR count). The van der Waals surface area contributed by atoms with E-state index >= 15 is 0 Å². The first-order valence-electron chi connectivity index (χ1n) is 7.41. The van der Waals surface area contributed by atoms with E-state index in [1.54, 1.807) is 0 Å². The zero-order valence-electron chi connectivity index (χ0n) is 11.7. The molecule has 0 saturated carbocycles. The van der Waals surface area contributed by atoms with E-state index in [0.717, 1.165) is 12.8 Å². The summed E-state index contributed by atoms with van der Waals surface area (Å²) in [6, 6.07) is 15.2. The molecule has 0 spiro atoms. The normalized spacial score (nSPS) is 12.7. The highest BCUT2D eigenvalue weighted by molar-refractivity contribution is 6.20. The lowest BCUT2D eigenvalue weighted by Crippen LogP contribution is -2.03. The molecule has 0 aromatic heterocycles. The van der Waals surface area contributed by atoms with Gasteiger partial charge in [-0.2, -0.15) is 0 Å². The van der Waals surface area contributed by atoms with Gasteiger partial charge in [-0.1, -0.05) is 75.1 Å². The minimum atomic E-state index is 0.276. The SMILES string of the molecule is CCCCCCC(Cl)Cc1ccc2ccccc2c1. The average Bonchev–Trinajstić information content (AvgIpc) is 2.43. The van der Waals surface area contributed by atoms with E-state index in [-0.39, 0.29) is 5.38 Å². The molecule has 0 aliphatic carbocycles. The average molecular weight is 275 g/mol. The summed E-state index contributed by atoms with van der Waals surface area (Å²) in [7, 11) is 0. The quantitative estimate of drug-likeness (QED) is 0.432. The Morgan fingerprint density at radius 3 is 2.53 bits per heavy atom. The van der Waals surface area contributed by atoms with Gasteiger partial charge in [0.2, 0.25) is 0 Å². The van der Waals surface area contributed by atoms with Crippen molar-refractivity contribution in [1.29, 1.82) is 0 Å². The summed E-state index contributed by atoms with van der Waals surface area (Å²) in [4.78, 5) is 0. The molecule has 1 unspecified atom stereocenters. The molecule has 0 saturated heterocycles. The van der Waals surface area contributed by atoms with Crippen LogP contribution in [-0.4, -0.2) is 5.38 Å². The van der Waals surface area contributed by atoms with Crippen LogP contribution in [0.3, 0.4) is 0 Å². The summed E-state index contributed by atoms with van der Waals surface area (Å²) in [5, 5.41) is 2.90. The molecule has 2 aromatic carbocycles. The summed E-state index contributed by atoms with van der Waals surface area (Å²) in [5.74, 6) is 0. The van der Waals surface area contributed by atoms with Crippen molar-refractivity contribution in [2.24, 2.45) is 0 Å². The summed E-state index contributed by atoms with van der Waals surface area (Å²) in [5.41, 5.74) is 1.36. The highest BCUT2D eigenvalue weighted by atomic mass is 35.5. The molecule has 0 amide bonds. The van der Waals surface area contributed by atoms with Crippen LogP contribution >= 0.6 is 11.6 Å². The number of unbranched alkanes of at least 4 members (excludes halogenated alkanes) is 3. The number of fused-ring (bicyclic) bond motifs is 1. The van der Waals surface area contributed by atoms with Gasteiger partial charge in [-0.05, 0) is 29.2 Å². The van der Waals surface area contributed by atoms with E-state index in [9.17, 15) is 0 Å². The molecule has 19 heavy (non-hydrogen) atoms. The van der Waals surface area contributed by atoms with Gasteiger partial charge in [-0.15, -0.1) is 11.6 Å². The highest BCUT2D eigenvalue weighted by Gasteiger charge is 2.06. The summed E-state index contributed by atoms with van der Waals surface area (Å²) in [6.07, 6.45) is 7.32. The fourth-order valence-electron chi connectivity index (χ4n) is 2.52. The molecular formula is C18H23Cl. The van der Waals surface area contributed by atoms with Crippen LogP contribution in [0.1, 0.15) is 44.6 Å². The van der Waals surface area contributed by atoms with Crippen LogP contribution in [0.2, 0.25) is 0 Å². The van der Waals surface area contributed by atoms with Gasteiger partial charge in [-0.3, -0.25) is 0 Å². The lowest BCUT2D eigenvalue weighted by atomic mass is 10.0. The third kappa shape index (κ3) is 4.54. The minimum absolute atomic E-state index is 0.276. The van der Waals surface area contributed by atoms with Crippen LogP contribution in [0.25, 0.3) is 10.8 Å². The van der Waals surface area contributed by atoms with E-state index in [0.29, 0.717) is 0 Å². The van der Waals surface area contributed by atoms with Crippen molar-refractivity contribution in [3.63, 3.8) is 0 Å². The van der Waals surface area contributed by atoms with Gasteiger partial charge in [0.25, 0.3) is 0 Å². The molecule has 0 aliphatic heterocycles. The molecule has 0 radical (unpaired) electrons. The standard InChI is InChI=1S/C18H23Cl/c1-2-3-4-5-10-18(19)14-15-11-12-16-8-6-7-9-17(16)13-15/h6-9,11-13,18H,2-5,10,14H2,1H3. The molecule has 1 atom stereocenters. The molecule has 1 heteroatoms. The van der Waals surface area contributed by atoms with Crippen molar-refractivity contribution < 1.29 is 0 Å². The van der Waals surface area contributed by atoms with Crippen LogP contribution < -0.4 is 0 Å². The molecule has 0 nitrogen and oxygen atoms in total. The fourth-order valence-corrected chi connectivity index (χ4v) is 2.85. The van der Waals surface area contributed by atoms with Gasteiger partial charge in [0, 0.05) is 5.38 Å². The van der Waals surface area contributed by atoms with Crippen molar-refractivity contribution >= 4 is 22.4 Å². The second kappa shape index (κ2) is 7.55. The maximum absolute atomic E-state index is 6.45. The number of hydrogen-bond acceptors (Lipinski definition) is 0. The summed E-state index contributed by atoms with van der Waals surface area (Å²) < 4.78 is 0. The van der Waals surface area contributed by atoms with Gasteiger partial charge in [-0.25, -0.2) is 0 Å². The predicted molar refractivity (Wildman–Crippen MR) is 86.1 cm³/mol. The molecule has 0 fully saturated rings. The van der Waals surface area contributed by atoms with Crippen molar-refractivity contribution in [3.8, 4) is 0 Å². The molecule has 0 N–H and O–H groups in total. The molecule has 0 heterocycles. The number of halogens is 1. The first-order chi connectivity index (χ1) is 9.29. The molecule has 2 aromatic rings. The Morgan fingerprint density at radius 2 is 1.74 bits per heavy atom. The van der Waals surface area contributed by atoms with Gasteiger partial charge in [0.05, 0.1) is 0 Å². The van der Waals surface area contributed by atoms with Crippen LogP contribution in [-0.2, 0) is 6.42 Å². The molecular weight excluding hydrogens is 252 g/mol. The smallest absolute Gasteiger partial charge is 0.0376 e. The zero-order valence-corrected chi connectivity index (χ0v) is 12.5. The molecule has 0 aliphatic rings. The van der Waals surface area contributed by atoms with Crippen LogP contribution in [0.5, 0.6) is 0 Å². The van der Waals surface area contributed by atoms with E-state index in [4.69, 9.17) is 11.6 Å². The summed E-state index contributed by atoms with van der Waals surface area (Å²) in [6.45, 7) is 2.24. The highest BCUT2D eigenvalue weighted by Crippen LogP contribution is 2.20. The van der Waals surface area contributed by atoms with E-state index < -0.39 is 0 Å². The van der Waals surface area contributed by atoms with Crippen LogP contribution in [0, 0.1) is 0 Å². The maximum atomic E-state index is 6.45. The third-order valence-electron chi connectivity index (χ3n) is 3.64. The number of rotatable bonds is 7. The first kappa shape index (κ1) is 14.4. The lowest BCUT2D eigenvalue weighted by Gasteiger charge is -2.10. The Bertz CT molecular complexity index is 504. The van der Waals surface area contributed by atoms with Crippen molar-refractivity contribution in [2.75, 3.05) is 0 Å². The van der Waals surface area contributed by atoms with E-state index in [1.807, 2.05) is 0 Å². The van der Waals surface area contributed by atoms with Gasteiger partial charge < -0.3 is 0 Å². The van der Waals surface area contributed by atoms with Gasteiger partial charge in [0.15, 0.2) is 0 Å². The molecule has 102 valence electrons. The number of alkyl halides is 1. The van der Waals surface area contributed by atoms with Crippen LogP contribution in [0.15, 0.2) is 42.5 Å². The largest absolute Gasteiger partial charge is 0.123 e. The van der Waals surface area contributed by atoms with Crippen molar-refractivity contribution in [3.05, 3.63) is 48.0 Å². The monoisotopic (exact) mass is 274 g/mol. The minimum Gasteiger partial charge on any atom is -0.123 e. The Kier molecular flexibility index (Phi) is 5.72. The predicted octanol–water partition coefficient (Wildman–Crippen LogP) is 5.96. The Morgan fingerprint density at radius 1 is 0.947 bits per heavy atom. The summed E-state index contributed by atoms with van der Waals surface area (Å²) >= 11 is 6.45. The topological polar surface area (TPSA) is 0 Å². The zero-order chi connectivity index (χ0) is 13.5. The second-order valence-corrected chi connectivity index (χ2v) is 5.95. The first-order valence-corrected chi connectivity index (χ1v) is 7.85. The third-order valence-corrected chi connectivity index (χ3v) is 4.01. The van der Waals surface area contributed by atoms with Crippen molar-refractivity contribution in [2.45, 2.75) is 50.8 Å². The number of benzene rings is 2. The number of hydrogen-bond donors (Lipinski definition) is 0. The lowest BCUT2D eigenvalue weighted by molar-refractivity contribution is 0.612. The Labute approximate surface area is 121 Å². The molecule has 0 bridgehead atoms. The fraction of sp³-hybridized carbons (Fsp3) is 0.444. The van der Waals surface area contributed by atoms with E-state index in [1.165, 1.54) is 42.0 Å². The van der Waals surface area contributed by atoms with E-state index in [2.05, 4.69) is 49.4 Å². The Hall–Kier alpha value is -1.01. The van der Waals surface area contributed by atoms with Crippen molar-refractivity contribution in [1.82, 2.24) is 0 Å².